The second-order valence-electron chi connectivity index (χ2n) is 4.86. The van der Waals surface area contributed by atoms with Crippen LogP contribution in [0.5, 0.6) is 0 Å². The van der Waals surface area contributed by atoms with Crippen molar-refractivity contribution in [2.45, 2.75) is 32.2 Å². The first-order valence-electron chi connectivity index (χ1n) is 6.63. The van der Waals surface area contributed by atoms with Gasteiger partial charge in [-0.25, -0.2) is 4.98 Å². The molecular formula is C14H14BrClN4O. The number of benzene rings is 1. The summed E-state index contributed by atoms with van der Waals surface area (Å²) in [5.41, 5.74) is 1.98. The number of aryl methyl sites for hydroxylation is 3. The largest absolute Gasteiger partial charge is 0.339 e. The molecular weight excluding hydrogens is 356 g/mol. The molecule has 110 valence electrons. The number of hydrogen-bond acceptors (Lipinski definition) is 4. The van der Waals surface area contributed by atoms with Gasteiger partial charge >= 0.3 is 0 Å². The maximum absolute atomic E-state index is 6.26. The second-order valence-corrected chi connectivity index (χ2v) is 6.43. The van der Waals surface area contributed by atoms with Crippen LogP contribution in [-0.4, -0.2) is 19.7 Å². The van der Waals surface area contributed by atoms with Crippen LogP contribution < -0.4 is 0 Å². The first-order chi connectivity index (χ1) is 10.0. The van der Waals surface area contributed by atoms with Crippen molar-refractivity contribution in [1.82, 2.24) is 19.7 Å². The minimum Gasteiger partial charge on any atom is -0.339 e. The molecule has 0 aliphatic heterocycles. The summed E-state index contributed by atoms with van der Waals surface area (Å²) < 4.78 is 8.27. The molecule has 0 aliphatic carbocycles. The third-order valence-corrected chi connectivity index (χ3v) is 3.90. The SMILES string of the molecule is Cc1noc(CCn2c(C(C)Cl)nc3cc(Br)ccc32)n1. The molecule has 3 aromatic rings. The Hall–Kier alpha value is -1.40. The molecule has 1 unspecified atom stereocenters. The number of fused-ring (bicyclic) bond motifs is 1. The Kier molecular flexibility index (Phi) is 3.99. The standard InChI is InChI=1S/C14H14BrClN4O/c1-8(16)14-18-11-7-10(15)3-4-12(11)20(14)6-5-13-17-9(2)19-21-13/h3-4,7-8H,5-6H2,1-2H3. The molecule has 1 atom stereocenters. The van der Waals surface area contributed by atoms with Crippen LogP contribution in [0.25, 0.3) is 11.0 Å². The van der Waals surface area contributed by atoms with Crippen LogP contribution in [0.2, 0.25) is 0 Å². The summed E-state index contributed by atoms with van der Waals surface area (Å²) in [4.78, 5) is 8.85. The van der Waals surface area contributed by atoms with E-state index >= 15 is 0 Å². The molecule has 0 spiro atoms. The fourth-order valence-corrected chi connectivity index (χ4v) is 2.82. The molecule has 0 saturated heterocycles. The first kappa shape index (κ1) is 14.5. The van der Waals surface area contributed by atoms with E-state index < -0.39 is 0 Å². The number of alkyl halides is 1. The topological polar surface area (TPSA) is 56.7 Å². The van der Waals surface area contributed by atoms with E-state index in [0.717, 1.165) is 21.3 Å². The molecule has 0 fully saturated rings. The number of rotatable bonds is 4. The van der Waals surface area contributed by atoms with Crippen LogP contribution in [0.4, 0.5) is 0 Å². The van der Waals surface area contributed by atoms with Crippen molar-refractivity contribution < 1.29 is 4.52 Å². The predicted molar refractivity (Wildman–Crippen MR) is 84.4 cm³/mol. The number of aromatic nitrogens is 4. The highest BCUT2D eigenvalue weighted by Crippen LogP contribution is 2.26. The Labute approximate surface area is 135 Å². The number of hydrogen-bond donors (Lipinski definition) is 0. The Morgan fingerprint density at radius 3 is 2.86 bits per heavy atom. The molecule has 0 saturated carbocycles. The van der Waals surface area contributed by atoms with E-state index in [-0.39, 0.29) is 5.38 Å². The fourth-order valence-electron chi connectivity index (χ4n) is 2.31. The normalized spacial score (nSPS) is 13.0. The molecule has 1 aromatic carbocycles. The molecule has 3 rings (SSSR count). The zero-order valence-corrected chi connectivity index (χ0v) is 14.0. The predicted octanol–water partition coefficient (Wildman–Crippen LogP) is 4.03. The molecule has 7 heteroatoms. The Bertz CT molecular complexity index is 780. The summed E-state index contributed by atoms with van der Waals surface area (Å²) in [6.07, 6.45) is 0.652. The molecule has 21 heavy (non-hydrogen) atoms. The van der Waals surface area contributed by atoms with Gasteiger partial charge in [-0.05, 0) is 32.0 Å². The highest BCUT2D eigenvalue weighted by Gasteiger charge is 2.16. The molecule has 2 aromatic heterocycles. The van der Waals surface area contributed by atoms with Gasteiger partial charge < -0.3 is 9.09 Å². The summed E-state index contributed by atoms with van der Waals surface area (Å²) >= 11 is 9.73. The monoisotopic (exact) mass is 368 g/mol. The van der Waals surface area contributed by atoms with Crippen LogP contribution in [0.3, 0.4) is 0 Å². The summed E-state index contributed by atoms with van der Waals surface area (Å²) in [6, 6.07) is 6.03. The zero-order valence-electron chi connectivity index (χ0n) is 11.7. The van der Waals surface area contributed by atoms with Crippen molar-refractivity contribution in [3.8, 4) is 0 Å². The quantitative estimate of drug-likeness (QED) is 0.651. The van der Waals surface area contributed by atoms with E-state index in [1.165, 1.54) is 0 Å². The van der Waals surface area contributed by atoms with Crippen molar-refractivity contribution in [2.24, 2.45) is 0 Å². The van der Waals surface area contributed by atoms with Crippen LogP contribution in [0.15, 0.2) is 27.2 Å². The van der Waals surface area contributed by atoms with Gasteiger partial charge in [-0.2, -0.15) is 4.98 Å². The number of halogens is 2. The van der Waals surface area contributed by atoms with Gasteiger partial charge in [0.15, 0.2) is 5.82 Å². The van der Waals surface area contributed by atoms with Crippen molar-refractivity contribution in [3.63, 3.8) is 0 Å². The molecule has 0 N–H and O–H groups in total. The van der Waals surface area contributed by atoms with E-state index in [1.54, 1.807) is 0 Å². The lowest BCUT2D eigenvalue weighted by atomic mass is 10.3. The Morgan fingerprint density at radius 1 is 1.38 bits per heavy atom. The highest BCUT2D eigenvalue weighted by molar-refractivity contribution is 9.10. The lowest BCUT2D eigenvalue weighted by molar-refractivity contribution is 0.368. The van der Waals surface area contributed by atoms with Gasteiger partial charge in [0.2, 0.25) is 5.89 Å². The summed E-state index contributed by atoms with van der Waals surface area (Å²) in [7, 11) is 0. The minimum atomic E-state index is -0.166. The molecule has 5 nitrogen and oxygen atoms in total. The average molecular weight is 370 g/mol. The van der Waals surface area contributed by atoms with Crippen molar-refractivity contribution in [1.29, 1.82) is 0 Å². The van der Waals surface area contributed by atoms with Gasteiger partial charge in [0.1, 0.15) is 5.82 Å². The van der Waals surface area contributed by atoms with Crippen LogP contribution >= 0.6 is 27.5 Å². The lowest BCUT2D eigenvalue weighted by Gasteiger charge is -2.09. The number of imidazole rings is 1. The molecule has 2 heterocycles. The van der Waals surface area contributed by atoms with Crippen LogP contribution in [0.1, 0.15) is 29.8 Å². The van der Waals surface area contributed by atoms with Gasteiger partial charge in [0.25, 0.3) is 0 Å². The first-order valence-corrected chi connectivity index (χ1v) is 7.86. The van der Waals surface area contributed by atoms with E-state index in [4.69, 9.17) is 16.1 Å². The third kappa shape index (κ3) is 2.96. The van der Waals surface area contributed by atoms with Crippen molar-refractivity contribution in [2.75, 3.05) is 0 Å². The smallest absolute Gasteiger partial charge is 0.228 e. The lowest BCUT2D eigenvalue weighted by Crippen LogP contribution is -2.07. The van der Waals surface area contributed by atoms with Gasteiger partial charge in [-0.1, -0.05) is 21.1 Å². The molecule has 0 bridgehead atoms. The molecule has 0 amide bonds. The average Bonchev–Trinajstić information content (AvgIpc) is 2.99. The van der Waals surface area contributed by atoms with Crippen molar-refractivity contribution >= 4 is 38.6 Å². The van der Waals surface area contributed by atoms with Gasteiger partial charge in [0, 0.05) is 17.4 Å². The minimum absolute atomic E-state index is 0.166. The van der Waals surface area contributed by atoms with Crippen LogP contribution in [0, 0.1) is 6.92 Å². The van der Waals surface area contributed by atoms with E-state index in [2.05, 4.69) is 35.6 Å². The van der Waals surface area contributed by atoms with Gasteiger partial charge in [-0.3, -0.25) is 0 Å². The van der Waals surface area contributed by atoms with E-state index in [0.29, 0.717) is 24.7 Å². The fraction of sp³-hybridized carbons (Fsp3) is 0.357. The third-order valence-electron chi connectivity index (χ3n) is 3.21. The van der Waals surface area contributed by atoms with Gasteiger partial charge in [-0.15, -0.1) is 11.6 Å². The maximum Gasteiger partial charge on any atom is 0.228 e. The van der Waals surface area contributed by atoms with Gasteiger partial charge in [0.05, 0.1) is 16.4 Å². The zero-order chi connectivity index (χ0) is 15.0. The van der Waals surface area contributed by atoms with E-state index in [1.807, 2.05) is 32.0 Å². The summed E-state index contributed by atoms with van der Waals surface area (Å²) in [6.45, 7) is 4.43. The second kappa shape index (κ2) is 5.77. The highest BCUT2D eigenvalue weighted by atomic mass is 79.9. The molecule has 0 aliphatic rings. The Morgan fingerprint density at radius 2 is 2.19 bits per heavy atom. The summed E-state index contributed by atoms with van der Waals surface area (Å²) in [5, 5.41) is 3.64. The molecule has 0 radical (unpaired) electrons. The van der Waals surface area contributed by atoms with E-state index in [9.17, 15) is 0 Å². The Balaban J connectivity index is 1.97. The maximum atomic E-state index is 6.26. The summed E-state index contributed by atoms with van der Waals surface area (Å²) in [5.74, 6) is 2.12. The van der Waals surface area contributed by atoms with Crippen molar-refractivity contribution in [3.05, 3.63) is 40.2 Å². The van der Waals surface area contributed by atoms with Crippen LogP contribution in [-0.2, 0) is 13.0 Å². The number of nitrogens with zero attached hydrogens (tertiary/aromatic N) is 4.